The van der Waals surface area contributed by atoms with E-state index in [0.29, 0.717) is 0 Å². The molecule has 0 aliphatic carbocycles. The van der Waals surface area contributed by atoms with E-state index in [-0.39, 0.29) is 0 Å². The van der Waals surface area contributed by atoms with E-state index >= 15 is 0 Å². The lowest BCUT2D eigenvalue weighted by Gasteiger charge is -2.15. The number of hydrogen-bond donors (Lipinski definition) is 0. The normalized spacial score (nSPS) is 10.8. The molecular weight excluding hydrogens is 242 g/mol. The molecule has 18 heavy (non-hydrogen) atoms. The van der Waals surface area contributed by atoms with Crippen molar-refractivity contribution in [2.45, 2.75) is 0 Å². The van der Waals surface area contributed by atoms with Crippen molar-refractivity contribution in [1.29, 1.82) is 0 Å². The molecule has 4 heteroatoms. The van der Waals surface area contributed by atoms with Crippen LogP contribution in [0.15, 0.2) is 41.8 Å². The lowest BCUT2D eigenvalue weighted by molar-refractivity contribution is 1.07. The Morgan fingerprint density at radius 2 is 1.67 bits per heavy atom. The number of fused-ring (bicyclic) bond motifs is 1. The molecule has 90 valence electrons. The Kier molecular flexibility index (Phi) is 2.72. The van der Waals surface area contributed by atoms with Gasteiger partial charge in [-0.3, -0.25) is 0 Å². The molecule has 0 atom stereocenters. The Morgan fingerprint density at radius 1 is 0.944 bits per heavy atom. The largest absolute Gasteiger partial charge is 0.361 e. The van der Waals surface area contributed by atoms with Crippen LogP contribution in [0.1, 0.15) is 0 Å². The maximum Gasteiger partial charge on any atom is 0.156 e. The molecule has 2 heterocycles. The zero-order chi connectivity index (χ0) is 12.5. The van der Waals surface area contributed by atoms with E-state index in [4.69, 9.17) is 9.97 Å². The van der Waals surface area contributed by atoms with E-state index in [1.807, 2.05) is 49.3 Å². The van der Waals surface area contributed by atoms with Crippen LogP contribution in [0.25, 0.3) is 21.6 Å². The zero-order valence-electron chi connectivity index (χ0n) is 10.3. The van der Waals surface area contributed by atoms with Gasteiger partial charge >= 0.3 is 0 Å². The van der Waals surface area contributed by atoms with E-state index in [9.17, 15) is 0 Å². The summed E-state index contributed by atoms with van der Waals surface area (Å²) in [6.07, 6.45) is 0. The van der Waals surface area contributed by atoms with Crippen LogP contribution in [0.5, 0.6) is 0 Å². The van der Waals surface area contributed by atoms with Gasteiger partial charge in [-0.15, -0.1) is 11.3 Å². The minimum Gasteiger partial charge on any atom is -0.361 e. The minimum absolute atomic E-state index is 0.913. The van der Waals surface area contributed by atoms with Crippen molar-refractivity contribution in [2.75, 3.05) is 19.0 Å². The van der Waals surface area contributed by atoms with Gasteiger partial charge in [0.25, 0.3) is 0 Å². The molecule has 3 rings (SSSR count). The van der Waals surface area contributed by atoms with Crippen LogP contribution in [0.3, 0.4) is 0 Å². The van der Waals surface area contributed by atoms with Crippen LogP contribution in [-0.2, 0) is 0 Å². The van der Waals surface area contributed by atoms with Gasteiger partial charge in [0.05, 0.1) is 15.9 Å². The molecule has 0 amide bonds. The summed E-state index contributed by atoms with van der Waals surface area (Å²) in [5.74, 6) is 0.913. The van der Waals surface area contributed by atoms with Crippen molar-refractivity contribution >= 4 is 28.2 Å². The van der Waals surface area contributed by atoms with E-state index < -0.39 is 0 Å². The second kappa shape index (κ2) is 4.38. The molecular formula is C14H13N3S. The summed E-state index contributed by atoms with van der Waals surface area (Å²) in [4.78, 5) is 12.6. The molecule has 0 spiro atoms. The molecule has 0 radical (unpaired) electrons. The van der Waals surface area contributed by atoms with Crippen LogP contribution in [0.2, 0.25) is 0 Å². The average Bonchev–Trinajstić information content (AvgIpc) is 2.91. The molecule has 0 N–H and O–H groups in total. The fraction of sp³-hybridized carbons (Fsp3) is 0.143. The van der Waals surface area contributed by atoms with Crippen molar-refractivity contribution in [3.63, 3.8) is 0 Å². The van der Waals surface area contributed by atoms with Crippen LogP contribution >= 0.6 is 11.3 Å². The van der Waals surface area contributed by atoms with Crippen LogP contribution < -0.4 is 4.90 Å². The van der Waals surface area contributed by atoms with Crippen molar-refractivity contribution in [3.8, 4) is 10.6 Å². The van der Waals surface area contributed by atoms with Crippen LogP contribution in [0, 0.1) is 0 Å². The third kappa shape index (κ3) is 1.84. The van der Waals surface area contributed by atoms with Crippen LogP contribution in [-0.4, -0.2) is 24.1 Å². The third-order valence-corrected chi connectivity index (χ3v) is 3.61. The minimum atomic E-state index is 0.913. The smallest absolute Gasteiger partial charge is 0.156 e. The van der Waals surface area contributed by atoms with Gasteiger partial charge in [-0.1, -0.05) is 18.2 Å². The maximum absolute atomic E-state index is 4.75. The van der Waals surface area contributed by atoms with Gasteiger partial charge in [0.2, 0.25) is 0 Å². The summed E-state index contributed by atoms with van der Waals surface area (Å²) >= 11 is 1.69. The molecule has 0 bridgehead atoms. The first-order valence-corrected chi connectivity index (χ1v) is 6.61. The third-order valence-electron chi connectivity index (χ3n) is 2.73. The number of aromatic nitrogens is 2. The lowest BCUT2D eigenvalue weighted by Crippen LogP contribution is -2.12. The first-order chi connectivity index (χ1) is 8.75. The highest BCUT2D eigenvalue weighted by atomic mass is 32.1. The number of rotatable bonds is 2. The van der Waals surface area contributed by atoms with Crippen molar-refractivity contribution in [2.24, 2.45) is 0 Å². The highest BCUT2D eigenvalue weighted by Crippen LogP contribution is 2.31. The fourth-order valence-electron chi connectivity index (χ4n) is 1.88. The molecule has 0 aliphatic rings. The summed E-state index contributed by atoms with van der Waals surface area (Å²) in [5, 5.41) is 2.06. The van der Waals surface area contributed by atoms with Gasteiger partial charge in [-0.25, -0.2) is 9.97 Å². The second-order valence-corrected chi connectivity index (χ2v) is 5.20. The average molecular weight is 255 g/mol. The molecule has 0 unspecified atom stereocenters. The number of para-hydroxylation sites is 2. The van der Waals surface area contributed by atoms with E-state index in [2.05, 4.69) is 11.4 Å². The Balaban J connectivity index is 2.31. The van der Waals surface area contributed by atoms with Gasteiger partial charge in [0.15, 0.2) is 5.82 Å². The molecule has 0 saturated carbocycles. The first kappa shape index (κ1) is 11.2. The molecule has 3 nitrogen and oxygen atoms in total. The summed E-state index contributed by atoms with van der Waals surface area (Å²) in [6.45, 7) is 0. The topological polar surface area (TPSA) is 29.0 Å². The van der Waals surface area contributed by atoms with Gasteiger partial charge in [0, 0.05) is 14.1 Å². The van der Waals surface area contributed by atoms with Crippen LogP contribution in [0.4, 0.5) is 5.82 Å². The Labute approximate surface area is 110 Å². The summed E-state index contributed by atoms with van der Waals surface area (Å²) < 4.78 is 0. The number of thiophene rings is 1. The SMILES string of the molecule is CN(C)c1nc2ccccc2nc1-c1cccs1. The number of benzene rings is 1. The lowest BCUT2D eigenvalue weighted by atomic mass is 10.2. The predicted octanol–water partition coefficient (Wildman–Crippen LogP) is 3.42. The number of nitrogens with zero attached hydrogens (tertiary/aromatic N) is 3. The second-order valence-electron chi connectivity index (χ2n) is 4.26. The molecule has 1 aromatic carbocycles. The highest BCUT2D eigenvalue weighted by molar-refractivity contribution is 7.13. The molecule has 3 aromatic rings. The Bertz CT molecular complexity index is 675. The first-order valence-electron chi connectivity index (χ1n) is 5.73. The quantitative estimate of drug-likeness (QED) is 0.702. The molecule has 0 aliphatic heterocycles. The summed E-state index contributed by atoms with van der Waals surface area (Å²) in [7, 11) is 3.99. The highest BCUT2D eigenvalue weighted by Gasteiger charge is 2.13. The van der Waals surface area contributed by atoms with Crippen molar-refractivity contribution in [1.82, 2.24) is 9.97 Å². The molecule has 0 fully saturated rings. The maximum atomic E-state index is 4.75. The summed E-state index contributed by atoms with van der Waals surface area (Å²) in [6, 6.07) is 12.1. The van der Waals surface area contributed by atoms with Gasteiger partial charge < -0.3 is 4.90 Å². The molecule has 0 saturated heterocycles. The van der Waals surface area contributed by atoms with E-state index in [0.717, 1.165) is 27.4 Å². The van der Waals surface area contributed by atoms with E-state index in [1.54, 1.807) is 11.3 Å². The summed E-state index contributed by atoms with van der Waals surface area (Å²) in [5.41, 5.74) is 2.82. The van der Waals surface area contributed by atoms with Crippen molar-refractivity contribution < 1.29 is 0 Å². The van der Waals surface area contributed by atoms with Gasteiger partial charge in [0.1, 0.15) is 5.69 Å². The van der Waals surface area contributed by atoms with Gasteiger partial charge in [-0.05, 0) is 23.6 Å². The Hall–Kier alpha value is -1.94. The standard InChI is InChI=1S/C14H13N3S/c1-17(2)14-13(12-8-5-9-18-12)15-10-6-3-4-7-11(10)16-14/h3-9H,1-2H3. The zero-order valence-corrected chi connectivity index (χ0v) is 11.1. The monoisotopic (exact) mass is 255 g/mol. The predicted molar refractivity (Wildman–Crippen MR) is 77.2 cm³/mol. The molecule has 2 aromatic heterocycles. The Morgan fingerprint density at radius 3 is 2.28 bits per heavy atom. The van der Waals surface area contributed by atoms with E-state index in [1.165, 1.54) is 0 Å². The number of hydrogen-bond acceptors (Lipinski definition) is 4. The van der Waals surface area contributed by atoms with Gasteiger partial charge in [-0.2, -0.15) is 0 Å². The fourth-order valence-corrected chi connectivity index (χ4v) is 2.59. The van der Waals surface area contributed by atoms with Crippen molar-refractivity contribution in [3.05, 3.63) is 41.8 Å². The number of anilines is 1.